The van der Waals surface area contributed by atoms with Crippen LogP contribution in [0, 0.1) is 5.92 Å². The molecule has 1 aromatic carbocycles. The van der Waals surface area contributed by atoms with E-state index < -0.39 is 0 Å². The molecule has 104 valence electrons. The number of carbonyl (C=O) groups is 1. The molecule has 0 atom stereocenters. The summed E-state index contributed by atoms with van der Waals surface area (Å²) in [7, 11) is 0. The van der Waals surface area contributed by atoms with E-state index in [2.05, 4.69) is 5.32 Å². The molecule has 2 rings (SSSR count). The molecule has 1 saturated heterocycles. The molecule has 1 aliphatic heterocycles. The lowest BCUT2D eigenvalue weighted by Crippen LogP contribution is -2.33. The van der Waals surface area contributed by atoms with Crippen LogP contribution in [0.1, 0.15) is 24.0 Å². The Morgan fingerprint density at radius 1 is 1.21 bits per heavy atom. The van der Waals surface area contributed by atoms with E-state index in [9.17, 15) is 4.79 Å². The van der Waals surface area contributed by atoms with E-state index in [0.29, 0.717) is 18.9 Å². The molecule has 3 N–H and O–H groups in total. The summed E-state index contributed by atoms with van der Waals surface area (Å²) in [4.78, 5) is 11.8. The number of amides is 1. The Hall–Kier alpha value is -1.39. The maximum atomic E-state index is 11.8. The van der Waals surface area contributed by atoms with E-state index >= 15 is 0 Å². The number of carbonyl (C=O) groups excluding carboxylic acids is 1. The van der Waals surface area contributed by atoms with Gasteiger partial charge < -0.3 is 15.8 Å². The standard InChI is InChI=1S/C15H22N2O2/c16-10-13-3-1-12(2-4-13)9-15(18)17-11-14-5-7-19-8-6-14/h1-4,14H,5-11,16H2,(H,17,18). The molecule has 4 heteroatoms. The summed E-state index contributed by atoms with van der Waals surface area (Å²) in [5, 5.41) is 3.01. The van der Waals surface area contributed by atoms with Crippen LogP contribution in [-0.4, -0.2) is 25.7 Å². The van der Waals surface area contributed by atoms with E-state index in [4.69, 9.17) is 10.5 Å². The Morgan fingerprint density at radius 2 is 1.84 bits per heavy atom. The second-order valence-electron chi connectivity index (χ2n) is 5.06. The van der Waals surface area contributed by atoms with E-state index in [1.54, 1.807) is 0 Å². The molecule has 0 spiro atoms. The lowest BCUT2D eigenvalue weighted by Gasteiger charge is -2.22. The largest absolute Gasteiger partial charge is 0.381 e. The van der Waals surface area contributed by atoms with Crippen molar-refractivity contribution in [1.82, 2.24) is 5.32 Å². The third kappa shape index (κ3) is 4.65. The van der Waals surface area contributed by atoms with E-state index in [1.165, 1.54) is 0 Å². The Labute approximate surface area is 114 Å². The maximum absolute atomic E-state index is 11.8. The highest BCUT2D eigenvalue weighted by atomic mass is 16.5. The van der Waals surface area contributed by atoms with E-state index in [0.717, 1.165) is 43.7 Å². The number of benzene rings is 1. The van der Waals surface area contributed by atoms with Gasteiger partial charge in [-0.1, -0.05) is 24.3 Å². The topological polar surface area (TPSA) is 64.4 Å². The van der Waals surface area contributed by atoms with Crippen LogP contribution < -0.4 is 11.1 Å². The van der Waals surface area contributed by atoms with Gasteiger partial charge in [0.2, 0.25) is 5.91 Å². The van der Waals surface area contributed by atoms with Crippen molar-refractivity contribution in [1.29, 1.82) is 0 Å². The molecule has 0 bridgehead atoms. The molecular formula is C15H22N2O2. The minimum Gasteiger partial charge on any atom is -0.381 e. The lowest BCUT2D eigenvalue weighted by molar-refractivity contribution is -0.120. The summed E-state index contributed by atoms with van der Waals surface area (Å²) in [5.74, 6) is 0.657. The molecule has 1 fully saturated rings. The summed E-state index contributed by atoms with van der Waals surface area (Å²) in [6, 6.07) is 7.88. The minimum absolute atomic E-state index is 0.0898. The summed E-state index contributed by atoms with van der Waals surface area (Å²) >= 11 is 0. The highest BCUT2D eigenvalue weighted by Gasteiger charge is 2.14. The van der Waals surface area contributed by atoms with E-state index in [1.807, 2.05) is 24.3 Å². The quantitative estimate of drug-likeness (QED) is 0.839. The van der Waals surface area contributed by atoms with Gasteiger partial charge in [-0.25, -0.2) is 0 Å². The van der Waals surface area contributed by atoms with Crippen LogP contribution in [0.3, 0.4) is 0 Å². The first-order chi connectivity index (χ1) is 9.28. The maximum Gasteiger partial charge on any atom is 0.224 e. The van der Waals surface area contributed by atoms with Crippen LogP contribution in [0.5, 0.6) is 0 Å². The zero-order valence-corrected chi connectivity index (χ0v) is 11.2. The van der Waals surface area contributed by atoms with E-state index in [-0.39, 0.29) is 5.91 Å². The zero-order valence-electron chi connectivity index (χ0n) is 11.2. The van der Waals surface area contributed by atoms with Crippen molar-refractivity contribution in [3.05, 3.63) is 35.4 Å². The number of ether oxygens (including phenoxy) is 1. The third-order valence-electron chi connectivity index (χ3n) is 3.55. The summed E-state index contributed by atoms with van der Waals surface area (Å²) in [5.41, 5.74) is 7.66. The van der Waals surface area contributed by atoms with Crippen molar-refractivity contribution in [2.45, 2.75) is 25.8 Å². The second kappa shape index (κ2) is 7.26. The summed E-state index contributed by atoms with van der Waals surface area (Å²) in [6.07, 6.45) is 2.53. The molecule has 0 radical (unpaired) electrons. The predicted octanol–water partition coefficient (Wildman–Crippen LogP) is 1.23. The number of hydrogen-bond acceptors (Lipinski definition) is 3. The fourth-order valence-corrected chi connectivity index (χ4v) is 2.25. The van der Waals surface area contributed by atoms with Crippen molar-refractivity contribution in [2.24, 2.45) is 11.7 Å². The fourth-order valence-electron chi connectivity index (χ4n) is 2.25. The summed E-state index contributed by atoms with van der Waals surface area (Å²) in [6.45, 7) is 2.95. The molecule has 0 aliphatic carbocycles. The van der Waals surface area contributed by atoms with Crippen LogP contribution in [-0.2, 0) is 22.5 Å². The monoisotopic (exact) mass is 262 g/mol. The first kappa shape index (κ1) is 14.0. The molecule has 0 unspecified atom stereocenters. The molecule has 1 heterocycles. The van der Waals surface area contributed by atoms with Crippen molar-refractivity contribution in [2.75, 3.05) is 19.8 Å². The smallest absolute Gasteiger partial charge is 0.224 e. The van der Waals surface area contributed by atoms with Crippen molar-refractivity contribution in [3.8, 4) is 0 Å². The minimum atomic E-state index is 0.0898. The van der Waals surface area contributed by atoms with Gasteiger partial charge in [0.15, 0.2) is 0 Å². The molecule has 1 aromatic rings. The molecular weight excluding hydrogens is 240 g/mol. The van der Waals surface area contributed by atoms with Crippen LogP contribution in [0.15, 0.2) is 24.3 Å². The number of nitrogens with two attached hydrogens (primary N) is 1. The van der Waals surface area contributed by atoms with Gasteiger partial charge in [0, 0.05) is 26.3 Å². The SMILES string of the molecule is NCc1ccc(CC(=O)NCC2CCOCC2)cc1. The van der Waals surface area contributed by atoms with Gasteiger partial charge in [-0.2, -0.15) is 0 Å². The van der Waals surface area contributed by atoms with Gasteiger partial charge in [0.05, 0.1) is 6.42 Å². The molecule has 1 aliphatic rings. The number of rotatable bonds is 5. The third-order valence-corrected chi connectivity index (χ3v) is 3.55. The zero-order chi connectivity index (χ0) is 13.5. The van der Waals surface area contributed by atoms with Crippen LogP contribution in [0.25, 0.3) is 0 Å². The molecule has 0 aromatic heterocycles. The van der Waals surface area contributed by atoms with Gasteiger partial charge in [-0.3, -0.25) is 4.79 Å². The van der Waals surface area contributed by atoms with Gasteiger partial charge in [-0.15, -0.1) is 0 Å². The molecule has 1 amide bonds. The van der Waals surface area contributed by atoms with Gasteiger partial charge in [0.25, 0.3) is 0 Å². The van der Waals surface area contributed by atoms with Crippen LogP contribution >= 0.6 is 0 Å². The Bertz CT molecular complexity index is 397. The highest BCUT2D eigenvalue weighted by Crippen LogP contribution is 2.13. The Balaban J connectivity index is 1.73. The first-order valence-corrected chi connectivity index (χ1v) is 6.90. The number of nitrogens with one attached hydrogen (secondary N) is 1. The lowest BCUT2D eigenvalue weighted by atomic mass is 10.0. The van der Waals surface area contributed by atoms with Gasteiger partial charge in [-0.05, 0) is 29.9 Å². The van der Waals surface area contributed by atoms with Crippen molar-refractivity contribution < 1.29 is 9.53 Å². The average Bonchev–Trinajstić information content (AvgIpc) is 2.47. The van der Waals surface area contributed by atoms with Crippen molar-refractivity contribution in [3.63, 3.8) is 0 Å². The Kier molecular flexibility index (Phi) is 5.36. The van der Waals surface area contributed by atoms with Crippen LogP contribution in [0.2, 0.25) is 0 Å². The number of hydrogen-bond donors (Lipinski definition) is 2. The van der Waals surface area contributed by atoms with Gasteiger partial charge >= 0.3 is 0 Å². The fraction of sp³-hybridized carbons (Fsp3) is 0.533. The summed E-state index contributed by atoms with van der Waals surface area (Å²) < 4.78 is 5.30. The molecule has 0 saturated carbocycles. The van der Waals surface area contributed by atoms with Crippen molar-refractivity contribution >= 4 is 5.91 Å². The second-order valence-corrected chi connectivity index (χ2v) is 5.06. The first-order valence-electron chi connectivity index (χ1n) is 6.90. The highest BCUT2D eigenvalue weighted by molar-refractivity contribution is 5.78. The van der Waals surface area contributed by atoms with Crippen LogP contribution in [0.4, 0.5) is 0 Å². The molecule has 19 heavy (non-hydrogen) atoms. The van der Waals surface area contributed by atoms with Gasteiger partial charge in [0.1, 0.15) is 0 Å². The Morgan fingerprint density at radius 3 is 2.47 bits per heavy atom. The average molecular weight is 262 g/mol. The molecule has 4 nitrogen and oxygen atoms in total. The normalized spacial score (nSPS) is 16.3. The predicted molar refractivity (Wildman–Crippen MR) is 74.6 cm³/mol.